The Morgan fingerprint density at radius 1 is 1.44 bits per heavy atom. The highest BCUT2D eigenvalue weighted by molar-refractivity contribution is 6.32. The molecule has 1 heterocycles. The summed E-state index contributed by atoms with van der Waals surface area (Å²) in [5.41, 5.74) is 0.143. The first-order valence-corrected chi connectivity index (χ1v) is 6.55. The molecule has 0 atom stereocenters. The number of carbonyl (C=O) groups excluding carboxylic acids is 1. The van der Waals surface area contributed by atoms with Gasteiger partial charge in [-0.1, -0.05) is 30.9 Å². The Labute approximate surface area is 111 Å². The van der Waals surface area contributed by atoms with E-state index in [0.717, 1.165) is 37.9 Å². The standard InChI is InChI=1S/C13H16ClFN2O/c1-17(10-5-3-2-4-6-10)13(18)11-7-9(15)8-16-12(11)14/h7-8,10H,2-6H2,1H3. The Balaban J connectivity index is 2.16. The van der Waals surface area contributed by atoms with Crippen LogP contribution < -0.4 is 0 Å². The van der Waals surface area contributed by atoms with Crippen molar-refractivity contribution in [1.82, 2.24) is 9.88 Å². The summed E-state index contributed by atoms with van der Waals surface area (Å²) in [7, 11) is 1.75. The van der Waals surface area contributed by atoms with Crippen molar-refractivity contribution >= 4 is 17.5 Å². The Hall–Kier alpha value is -1.16. The normalized spacial score (nSPS) is 16.6. The first-order chi connectivity index (χ1) is 8.59. The maximum atomic E-state index is 13.1. The highest BCUT2D eigenvalue weighted by atomic mass is 35.5. The highest BCUT2D eigenvalue weighted by Gasteiger charge is 2.24. The monoisotopic (exact) mass is 270 g/mol. The molecule has 2 rings (SSSR count). The fraction of sp³-hybridized carbons (Fsp3) is 0.538. The third-order valence-electron chi connectivity index (χ3n) is 3.48. The topological polar surface area (TPSA) is 33.2 Å². The maximum Gasteiger partial charge on any atom is 0.257 e. The average Bonchev–Trinajstić information content (AvgIpc) is 2.41. The van der Waals surface area contributed by atoms with Gasteiger partial charge in [-0.05, 0) is 18.9 Å². The zero-order valence-electron chi connectivity index (χ0n) is 10.3. The van der Waals surface area contributed by atoms with Gasteiger partial charge in [0.05, 0.1) is 11.8 Å². The van der Waals surface area contributed by atoms with E-state index in [9.17, 15) is 9.18 Å². The predicted octanol–water partition coefficient (Wildman–Crippen LogP) is 3.28. The Morgan fingerprint density at radius 3 is 2.78 bits per heavy atom. The van der Waals surface area contributed by atoms with Crippen LogP contribution in [-0.2, 0) is 0 Å². The van der Waals surface area contributed by atoms with Gasteiger partial charge < -0.3 is 4.90 Å². The van der Waals surface area contributed by atoms with Crippen molar-refractivity contribution in [2.75, 3.05) is 7.05 Å². The Bertz CT molecular complexity index is 447. The number of rotatable bonds is 2. The van der Waals surface area contributed by atoms with Gasteiger partial charge in [-0.2, -0.15) is 0 Å². The SMILES string of the molecule is CN(C(=O)c1cc(F)cnc1Cl)C1CCCCC1. The van der Waals surface area contributed by atoms with E-state index in [0.29, 0.717) is 0 Å². The van der Waals surface area contributed by atoms with Crippen molar-refractivity contribution in [1.29, 1.82) is 0 Å². The summed E-state index contributed by atoms with van der Waals surface area (Å²) in [6.07, 6.45) is 6.51. The molecule has 0 aliphatic heterocycles. The number of amides is 1. The molecule has 1 amide bonds. The molecule has 1 aromatic heterocycles. The fourth-order valence-electron chi connectivity index (χ4n) is 2.40. The van der Waals surface area contributed by atoms with Crippen molar-refractivity contribution in [2.24, 2.45) is 0 Å². The summed E-state index contributed by atoms with van der Waals surface area (Å²) in [4.78, 5) is 17.6. The molecule has 1 aliphatic carbocycles. The minimum atomic E-state index is -0.542. The average molecular weight is 271 g/mol. The zero-order valence-corrected chi connectivity index (χ0v) is 11.1. The van der Waals surface area contributed by atoms with Gasteiger partial charge >= 0.3 is 0 Å². The van der Waals surface area contributed by atoms with Gasteiger partial charge in [0.25, 0.3) is 5.91 Å². The molecule has 0 spiro atoms. The van der Waals surface area contributed by atoms with E-state index in [4.69, 9.17) is 11.6 Å². The van der Waals surface area contributed by atoms with Crippen LogP contribution in [0.1, 0.15) is 42.5 Å². The number of hydrogen-bond acceptors (Lipinski definition) is 2. The smallest absolute Gasteiger partial charge is 0.257 e. The first kappa shape index (κ1) is 13.3. The molecule has 0 N–H and O–H groups in total. The highest BCUT2D eigenvalue weighted by Crippen LogP contribution is 2.24. The third kappa shape index (κ3) is 2.80. The number of nitrogens with zero attached hydrogens (tertiary/aromatic N) is 2. The molecule has 1 aromatic rings. The van der Waals surface area contributed by atoms with E-state index in [1.165, 1.54) is 6.42 Å². The van der Waals surface area contributed by atoms with E-state index < -0.39 is 5.82 Å². The molecule has 0 unspecified atom stereocenters. The molecule has 98 valence electrons. The number of pyridine rings is 1. The van der Waals surface area contributed by atoms with Crippen molar-refractivity contribution in [2.45, 2.75) is 38.1 Å². The van der Waals surface area contributed by atoms with Crippen LogP contribution in [0.2, 0.25) is 5.15 Å². The maximum absolute atomic E-state index is 13.1. The predicted molar refractivity (Wildman–Crippen MR) is 68.2 cm³/mol. The van der Waals surface area contributed by atoms with E-state index in [1.54, 1.807) is 11.9 Å². The van der Waals surface area contributed by atoms with Gasteiger partial charge in [0.2, 0.25) is 0 Å². The van der Waals surface area contributed by atoms with Crippen LogP contribution in [0.5, 0.6) is 0 Å². The second kappa shape index (κ2) is 5.65. The number of hydrogen-bond donors (Lipinski definition) is 0. The van der Waals surface area contributed by atoms with Gasteiger partial charge in [0.1, 0.15) is 11.0 Å². The quantitative estimate of drug-likeness (QED) is 0.773. The molecule has 18 heavy (non-hydrogen) atoms. The lowest BCUT2D eigenvalue weighted by atomic mass is 9.94. The van der Waals surface area contributed by atoms with E-state index >= 15 is 0 Å². The molecule has 0 radical (unpaired) electrons. The lowest BCUT2D eigenvalue weighted by Crippen LogP contribution is -2.38. The van der Waals surface area contributed by atoms with Gasteiger partial charge in [-0.25, -0.2) is 9.37 Å². The summed E-state index contributed by atoms with van der Waals surface area (Å²) in [5, 5.41) is 0.0593. The van der Waals surface area contributed by atoms with Crippen LogP contribution in [0.15, 0.2) is 12.3 Å². The van der Waals surface area contributed by atoms with Crippen molar-refractivity contribution in [3.63, 3.8) is 0 Å². The fourth-order valence-corrected chi connectivity index (χ4v) is 2.58. The van der Waals surface area contributed by atoms with Gasteiger partial charge in [0.15, 0.2) is 0 Å². The minimum Gasteiger partial charge on any atom is -0.339 e. The van der Waals surface area contributed by atoms with Crippen LogP contribution in [-0.4, -0.2) is 28.9 Å². The van der Waals surface area contributed by atoms with Crippen LogP contribution >= 0.6 is 11.6 Å². The van der Waals surface area contributed by atoms with Crippen molar-refractivity contribution in [3.05, 3.63) is 28.8 Å². The van der Waals surface area contributed by atoms with Gasteiger partial charge in [0, 0.05) is 13.1 Å². The Kier molecular flexibility index (Phi) is 4.17. The van der Waals surface area contributed by atoms with Crippen molar-refractivity contribution in [3.8, 4) is 0 Å². The molecular weight excluding hydrogens is 255 g/mol. The van der Waals surface area contributed by atoms with E-state index in [-0.39, 0.29) is 22.7 Å². The summed E-state index contributed by atoms with van der Waals surface area (Å²) < 4.78 is 13.1. The lowest BCUT2D eigenvalue weighted by molar-refractivity contribution is 0.0695. The second-order valence-corrected chi connectivity index (χ2v) is 5.06. The molecule has 0 bridgehead atoms. The first-order valence-electron chi connectivity index (χ1n) is 6.18. The molecule has 0 aromatic carbocycles. The number of halogens is 2. The second-order valence-electron chi connectivity index (χ2n) is 4.70. The summed E-state index contributed by atoms with van der Waals surface area (Å²) >= 11 is 5.85. The number of carbonyl (C=O) groups is 1. The zero-order chi connectivity index (χ0) is 13.1. The summed E-state index contributed by atoms with van der Waals surface area (Å²) in [6, 6.07) is 1.38. The van der Waals surface area contributed by atoms with Crippen LogP contribution in [0.3, 0.4) is 0 Å². The Morgan fingerprint density at radius 2 is 2.11 bits per heavy atom. The molecule has 5 heteroatoms. The van der Waals surface area contributed by atoms with E-state index in [2.05, 4.69) is 4.98 Å². The third-order valence-corrected chi connectivity index (χ3v) is 3.78. The van der Waals surface area contributed by atoms with Gasteiger partial charge in [-0.3, -0.25) is 4.79 Å². The van der Waals surface area contributed by atoms with Crippen molar-refractivity contribution < 1.29 is 9.18 Å². The van der Waals surface area contributed by atoms with E-state index in [1.807, 2.05) is 0 Å². The molecule has 1 aliphatic rings. The molecule has 3 nitrogen and oxygen atoms in total. The number of aromatic nitrogens is 1. The molecule has 0 saturated heterocycles. The summed E-state index contributed by atoms with van der Waals surface area (Å²) in [6.45, 7) is 0. The summed E-state index contributed by atoms with van der Waals surface area (Å²) in [5.74, 6) is -0.793. The van der Waals surface area contributed by atoms with Crippen LogP contribution in [0.25, 0.3) is 0 Å². The largest absolute Gasteiger partial charge is 0.339 e. The molecule has 1 fully saturated rings. The molecular formula is C13H16ClFN2O. The van der Waals surface area contributed by atoms with Gasteiger partial charge in [-0.15, -0.1) is 0 Å². The lowest BCUT2D eigenvalue weighted by Gasteiger charge is -2.31. The van der Waals surface area contributed by atoms with Crippen LogP contribution in [0, 0.1) is 5.82 Å². The van der Waals surface area contributed by atoms with Crippen LogP contribution in [0.4, 0.5) is 4.39 Å². The minimum absolute atomic E-state index is 0.0593. The molecule has 1 saturated carbocycles.